The lowest BCUT2D eigenvalue weighted by molar-refractivity contribution is 0.00926. The molecular weight excluding hydrogens is 266 g/mol. The Morgan fingerprint density at radius 3 is 2.38 bits per heavy atom. The van der Waals surface area contributed by atoms with Crippen LogP contribution < -0.4 is 5.56 Å². The summed E-state index contributed by atoms with van der Waals surface area (Å²) in [6.07, 6.45) is 5.60. The van der Waals surface area contributed by atoms with Crippen LogP contribution in [0.4, 0.5) is 0 Å². The molecule has 1 aromatic rings. The minimum Gasteiger partial charge on any atom is -0.459 e. The fourth-order valence-corrected chi connectivity index (χ4v) is 2.94. The van der Waals surface area contributed by atoms with Crippen molar-refractivity contribution in [2.45, 2.75) is 52.6 Å². The zero-order valence-corrected chi connectivity index (χ0v) is 13.4. The summed E-state index contributed by atoms with van der Waals surface area (Å²) in [7, 11) is 1.66. The van der Waals surface area contributed by atoms with Gasteiger partial charge in [-0.1, -0.05) is 20.8 Å². The van der Waals surface area contributed by atoms with Crippen molar-refractivity contribution in [2.24, 2.45) is 18.4 Å². The van der Waals surface area contributed by atoms with Crippen molar-refractivity contribution in [3.05, 3.63) is 34.2 Å². The zero-order chi connectivity index (χ0) is 15.6. The summed E-state index contributed by atoms with van der Waals surface area (Å²) in [4.78, 5) is 23.6. The van der Waals surface area contributed by atoms with Crippen LogP contribution in [0.15, 0.2) is 23.1 Å². The average molecular weight is 291 g/mol. The van der Waals surface area contributed by atoms with Gasteiger partial charge < -0.3 is 9.30 Å². The molecule has 116 valence electrons. The summed E-state index contributed by atoms with van der Waals surface area (Å²) < 4.78 is 6.98. The second kappa shape index (κ2) is 6.04. The fourth-order valence-electron chi connectivity index (χ4n) is 2.94. The van der Waals surface area contributed by atoms with Crippen LogP contribution >= 0.6 is 0 Å². The van der Waals surface area contributed by atoms with Crippen LogP contribution in [0.1, 0.15) is 56.8 Å². The number of pyridine rings is 1. The van der Waals surface area contributed by atoms with E-state index in [4.69, 9.17) is 4.74 Å². The van der Waals surface area contributed by atoms with E-state index >= 15 is 0 Å². The number of carbonyl (C=O) groups excluding carboxylic acids is 1. The summed E-state index contributed by atoms with van der Waals surface area (Å²) in [5, 5.41) is 0. The summed E-state index contributed by atoms with van der Waals surface area (Å²) in [6, 6.07) is 2.97. The topological polar surface area (TPSA) is 48.3 Å². The van der Waals surface area contributed by atoms with Crippen LogP contribution in [-0.2, 0) is 11.8 Å². The van der Waals surface area contributed by atoms with E-state index in [-0.39, 0.29) is 17.6 Å². The number of hydrogen-bond acceptors (Lipinski definition) is 3. The van der Waals surface area contributed by atoms with E-state index in [0.29, 0.717) is 16.9 Å². The number of aromatic nitrogens is 1. The van der Waals surface area contributed by atoms with Crippen molar-refractivity contribution >= 4 is 5.97 Å². The molecule has 4 nitrogen and oxygen atoms in total. The number of aryl methyl sites for hydroxylation is 1. The molecule has 1 fully saturated rings. The molecule has 0 radical (unpaired) electrons. The molecule has 0 aromatic carbocycles. The van der Waals surface area contributed by atoms with Gasteiger partial charge in [0, 0.05) is 19.3 Å². The Morgan fingerprint density at radius 2 is 1.86 bits per heavy atom. The highest BCUT2D eigenvalue weighted by Gasteiger charge is 2.31. The van der Waals surface area contributed by atoms with Gasteiger partial charge in [-0.05, 0) is 43.1 Å². The molecule has 0 aliphatic heterocycles. The normalized spacial score (nSPS) is 22.9. The maximum atomic E-state index is 12.1. The van der Waals surface area contributed by atoms with Crippen LogP contribution in [0.3, 0.4) is 0 Å². The van der Waals surface area contributed by atoms with Gasteiger partial charge in [0.15, 0.2) is 0 Å². The van der Waals surface area contributed by atoms with Crippen molar-refractivity contribution in [3.8, 4) is 0 Å². The second-order valence-electron chi connectivity index (χ2n) is 7.11. The van der Waals surface area contributed by atoms with Crippen molar-refractivity contribution in [1.29, 1.82) is 0 Å². The average Bonchev–Trinajstić information content (AvgIpc) is 2.41. The van der Waals surface area contributed by atoms with Crippen LogP contribution in [0.25, 0.3) is 0 Å². The molecule has 0 spiro atoms. The molecule has 1 aromatic heterocycles. The molecule has 0 saturated heterocycles. The van der Waals surface area contributed by atoms with Gasteiger partial charge in [0.05, 0.1) is 5.56 Å². The molecule has 2 rings (SSSR count). The van der Waals surface area contributed by atoms with E-state index in [9.17, 15) is 9.59 Å². The van der Waals surface area contributed by atoms with Crippen LogP contribution in [-0.4, -0.2) is 16.6 Å². The third-order valence-corrected chi connectivity index (χ3v) is 4.51. The minimum atomic E-state index is -0.382. The van der Waals surface area contributed by atoms with Crippen LogP contribution in [0, 0.1) is 11.3 Å². The Morgan fingerprint density at radius 1 is 1.24 bits per heavy atom. The number of nitrogens with zero attached hydrogens (tertiary/aromatic N) is 1. The maximum Gasteiger partial charge on any atom is 0.338 e. The van der Waals surface area contributed by atoms with Crippen molar-refractivity contribution < 1.29 is 9.53 Å². The lowest BCUT2D eigenvalue weighted by Crippen LogP contribution is -2.30. The Kier molecular flexibility index (Phi) is 4.55. The Hall–Kier alpha value is -1.58. The first-order valence-electron chi connectivity index (χ1n) is 7.65. The van der Waals surface area contributed by atoms with Gasteiger partial charge in [-0.25, -0.2) is 4.79 Å². The van der Waals surface area contributed by atoms with Gasteiger partial charge in [0.1, 0.15) is 6.10 Å². The fraction of sp³-hybridized carbons (Fsp3) is 0.647. The number of carbonyl (C=O) groups is 1. The molecule has 4 heteroatoms. The highest BCUT2D eigenvalue weighted by Crippen LogP contribution is 2.38. The molecule has 0 bridgehead atoms. The third kappa shape index (κ3) is 3.96. The molecule has 1 heterocycles. The molecule has 0 amide bonds. The summed E-state index contributed by atoms with van der Waals surface area (Å²) in [6.45, 7) is 6.80. The predicted molar refractivity (Wildman–Crippen MR) is 82.3 cm³/mol. The van der Waals surface area contributed by atoms with Crippen molar-refractivity contribution in [3.63, 3.8) is 0 Å². The summed E-state index contributed by atoms with van der Waals surface area (Å²) >= 11 is 0. The molecule has 0 N–H and O–H groups in total. The smallest absolute Gasteiger partial charge is 0.338 e. The summed E-state index contributed by atoms with van der Waals surface area (Å²) in [5.74, 6) is 0.309. The third-order valence-electron chi connectivity index (χ3n) is 4.51. The highest BCUT2D eigenvalue weighted by molar-refractivity contribution is 5.89. The van der Waals surface area contributed by atoms with Gasteiger partial charge >= 0.3 is 5.97 Å². The predicted octanol–water partition coefficient (Wildman–Crippen LogP) is 3.15. The minimum absolute atomic E-state index is 0.0137. The van der Waals surface area contributed by atoms with Crippen molar-refractivity contribution in [2.75, 3.05) is 0 Å². The number of rotatable bonds is 2. The molecule has 1 aliphatic rings. The van der Waals surface area contributed by atoms with Crippen LogP contribution in [0.2, 0.25) is 0 Å². The van der Waals surface area contributed by atoms with E-state index in [1.807, 2.05) is 0 Å². The van der Waals surface area contributed by atoms with Gasteiger partial charge in [-0.15, -0.1) is 0 Å². The molecule has 1 saturated carbocycles. The zero-order valence-electron chi connectivity index (χ0n) is 13.4. The highest BCUT2D eigenvalue weighted by atomic mass is 16.5. The van der Waals surface area contributed by atoms with E-state index in [2.05, 4.69) is 20.8 Å². The standard InChI is InChI=1S/C17H25NO3/c1-17(2,3)13-5-7-14(8-6-13)21-16(20)12-9-10-18(4)15(19)11-12/h9-11,13-14H,5-8H2,1-4H3. The summed E-state index contributed by atoms with van der Waals surface area (Å²) in [5.41, 5.74) is 0.470. The van der Waals surface area contributed by atoms with Gasteiger partial charge in [0.25, 0.3) is 5.56 Å². The van der Waals surface area contributed by atoms with E-state index in [0.717, 1.165) is 25.7 Å². The van der Waals surface area contributed by atoms with E-state index in [1.54, 1.807) is 19.3 Å². The van der Waals surface area contributed by atoms with Crippen LogP contribution in [0.5, 0.6) is 0 Å². The first kappa shape index (κ1) is 15.8. The lowest BCUT2D eigenvalue weighted by Gasteiger charge is -2.36. The van der Waals surface area contributed by atoms with E-state index < -0.39 is 0 Å². The number of hydrogen-bond donors (Lipinski definition) is 0. The van der Waals surface area contributed by atoms with Gasteiger partial charge in [-0.2, -0.15) is 0 Å². The molecule has 0 unspecified atom stereocenters. The number of ether oxygens (including phenoxy) is 1. The quantitative estimate of drug-likeness (QED) is 0.786. The Bertz CT molecular complexity index is 560. The molecule has 21 heavy (non-hydrogen) atoms. The largest absolute Gasteiger partial charge is 0.459 e. The first-order chi connectivity index (χ1) is 9.77. The van der Waals surface area contributed by atoms with Crippen molar-refractivity contribution in [1.82, 2.24) is 4.57 Å². The van der Waals surface area contributed by atoms with E-state index in [1.165, 1.54) is 10.6 Å². The first-order valence-corrected chi connectivity index (χ1v) is 7.65. The second-order valence-corrected chi connectivity index (χ2v) is 7.11. The molecule has 1 aliphatic carbocycles. The Balaban J connectivity index is 1.93. The van der Waals surface area contributed by atoms with Gasteiger partial charge in [-0.3, -0.25) is 4.79 Å². The lowest BCUT2D eigenvalue weighted by atomic mass is 9.72. The molecule has 0 atom stereocenters. The number of esters is 1. The maximum absolute atomic E-state index is 12.1. The SMILES string of the molecule is Cn1ccc(C(=O)OC2CCC(C(C)(C)C)CC2)cc1=O. The molecular formula is C17H25NO3. The monoisotopic (exact) mass is 291 g/mol. The Labute approximate surface area is 126 Å². The van der Waals surface area contributed by atoms with Gasteiger partial charge in [0.2, 0.25) is 0 Å².